The average molecular weight is 129 g/mol. The molecule has 0 aliphatic heterocycles. The molecule has 1 fully saturated rings. The van der Waals surface area contributed by atoms with Gasteiger partial charge in [-0.15, -0.1) is 9.24 Å². The molecule has 1 heteroatoms. The van der Waals surface area contributed by atoms with Crippen molar-refractivity contribution in [3.63, 3.8) is 0 Å². The summed E-state index contributed by atoms with van der Waals surface area (Å²) in [5.74, 6) is 0. The third kappa shape index (κ3) is 2.13. The van der Waals surface area contributed by atoms with E-state index in [0.717, 1.165) is 5.66 Å². The van der Waals surface area contributed by atoms with Gasteiger partial charge in [0.25, 0.3) is 0 Å². The van der Waals surface area contributed by atoms with E-state index in [1.807, 2.05) is 0 Å². The van der Waals surface area contributed by atoms with Crippen LogP contribution in [0.4, 0.5) is 0 Å². The standard InChI is InChI=1S/C7H14P/c8-7-5-3-1-2-4-6-7/h3,7H,1-2,4-6,8H2. The van der Waals surface area contributed by atoms with Crippen molar-refractivity contribution in [3.8, 4) is 0 Å². The molecule has 1 radical (unpaired) electrons. The third-order valence-corrected chi connectivity index (χ3v) is 2.31. The second-order valence-corrected chi connectivity index (χ2v) is 3.51. The predicted octanol–water partition coefficient (Wildman–Crippen LogP) is 2.40. The van der Waals surface area contributed by atoms with Crippen molar-refractivity contribution < 1.29 is 0 Å². The zero-order valence-corrected chi connectivity index (χ0v) is 6.42. The normalized spacial score (nSPS) is 25.1. The molecular formula is C7H14P. The lowest BCUT2D eigenvalue weighted by molar-refractivity contribution is 0.713. The topological polar surface area (TPSA) is 0 Å². The van der Waals surface area contributed by atoms with Gasteiger partial charge >= 0.3 is 0 Å². The van der Waals surface area contributed by atoms with Crippen LogP contribution in [0.15, 0.2) is 0 Å². The van der Waals surface area contributed by atoms with Gasteiger partial charge in [-0.2, -0.15) is 0 Å². The maximum absolute atomic E-state index is 2.91. The fourth-order valence-corrected chi connectivity index (χ4v) is 1.57. The summed E-state index contributed by atoms with van der Waals surface area (Å²) < 4.78 is 0. The SMILES string of the molecule is PC1C[CH]CCCC1. The summed E-state index contributed by atoms with van der Waals surface area (Å²) in [5, 5.41) is 0. The summed E-state index contributed by atoms with van der Waals surface area (Å²) in [6.45, 7) is 0. The second-order valence-electron chi connectivity index (χ2n) is 2.57. The van der Waals surface area contributed by atoms with E-state index in [9.17, 15) is 0 Å². The molecule has 8 heavy (non-hydrogen) atoms. The molecule has 1 aliphatic rings. The minimum Gasteiger partial charge on any atom is -0.134 e. The van der Waals surface area contributed by atoms with Crippen LogP contribution in [0.2, 0.25) is 0 Å². The lowest BCUT2D eigenvalue weighted by Gasteiger charge is -2.02. The first kappa shape index (κ1) is 6.55. The summed E-state index contributed by atoms with van der Waals surface area (Å²) in [6.07, 6.45) is 9.37. The summed E-state index contributed by atoms with van der Waals surface area (Å²) >= 11 is 0. The number of hydrogen-bond donors (Lipinski definition) is 0. The first-order valence-corrected chi connectivity index (χ1v) is 4.13. The number of rotatable bonds is 0. The highest BCUT2D eigenvalue weighted by Gasteiger charge is 2.05. The Bertz CT molecular complexity index is 53.4. The molecule has 1 saturated carbocycles. The van der Waals surface area contributed by atoms with Gasteiger partial charge in [0.2, 0.25) is 0 Å². The first-order valence-electron chi connectivity index (χ1n) is 3.47. The molecule has 0 spiro atoms. The summed E-state index contributed by atoms with van der Waals surface area (Å²) in [5.41, 5.74) is 0.887. The van der Waals surface area contributed by atoms with E-state index in [-0.39, 0.29) is 0 Å². The lowest BCUT2D eigenvalue weighted by atomic mass is 10.2. The Kier molecular flexibility index (Phi) is 2.83. The molecule has 0 bridgehead atoms. The lowest BCUT2D eigenvalue weighted by Crippen LogP contribution is -1.92. The smallest absolute Gasteiger partial charge is 0.0261 e. The van der Waals surface area contributed by atoms with Gasteiger partial charge in [0.1, 0.15) is 0 Å². The van der Waals surface area contributed by atoms with Gasteiger partial charge in [-0.3, -0.25) is 0 Å². The van der Waals surface area contributed by atoms with Crippen molar-refractivity contribution in [2.24, 2.45) is 0 Å². The Hall–Kier alpha value is 0.430. The minimum atomic E-state index is 0.887. The quantitative estimate of drug-likeness (QED) is 0.348. The average Bonchev–Trinajstić information content (AvgIpc) is 1.94. The Labute approximate surface area is 54.3 Å². The molecule has 0 saturated heterocycles. The molecule has 2 unspecified atom stereocenters. The van der Waals surface area contributed by atoms with Crippen molar-refractivity contribution in [2.75, 3.05) is 0 Å². The zero-order chi connectivity index (χ0) is 5.82. The monoisotopic (exact) mass is 129 g/mol. The maximum atomic E-state index is 2.91. The van der Waals surface area contributed by atoms with Gasteiger partial charge in [-0.05, 0) is 24.9 Å². The summed E-state index contributed by atoms with van der Waals surface area (Å²) in [6, 6.07) is 0. The van der Waals surface area contributed by atoms with Crippen LogP contribution in [0.25, 0.3) is 0 Å². The highest BCUT2D eigenvalue weighted by molar-refractivity contribution is 7.17. The van der Waals surface area contributed by atoms with E-state index in [1.165, 1.54) is 32.1 Å². The van der Waals surface area contributed by atoms with Gasteiger partial charge in [0.15, 0.2) is 0 Å². The predicted molar refractivity (Wildman–Crippen MR) is 40.9 cm³/mol. The van der Waals surface area contributed by atoms with Crippen molar-refractivity contribution in [2.45, 2.75) is 37.8 Å². The van der Waals surface area contributed by atoms with E-state index in [2.05, 4.69) is 15.7 Å². The van der Waals surface area contributed by atoms with E-state index < -0.39 is 0 Å². The minimum absolute atomic E-state index is 0.887. The number of hydrogen-bond acceptors (Lipinski definition) is 0. The van der Waals surface area contributed by atoms with E-state index in [1.54, 1.807) is 0 Å². The highest BCUT2D eigenvalue weighted by Crippen LogP contribution is 2.21. The fraction of sp³-hybridized carbons (Fsp3) is 0.857. The van der Waals surface area contributed by atoms with E-state index >= 15 is 0 Å². The molecule has 0 amide bonds. The fourth-order valence-electron chi connectivity index (χ4n) is 1.14. The Morgan fingerprint density at radius 3 is 3.12 bits per heavy atom. The molecule has 2 atom stereocenters. The van der Waals surface area contributed by atoms with Crippen molar-refractivity contribution in [1.29, 1.82) is 0 Å². The molecule has 0 aromatic heterocycles. The maximum Gasteiger partial charge on any atom is -0.0261 e. The molecule has 0 heterocycles. The van der Waals surface area contributed by atoms with Crippen LogP contribution in [0, 0.1) is 6.42 Å². The Morgan fingerprint density at radius 2 is 2.25 bits per heavy atom. The summed E-state index contributed by atoms with van der Waals surface area (Å²) in [4.78, 5) is 0. The largest absolute Gasteiger partial charge is 0.134 e. The third-order valence-electron chi connectivity index (χ3n) is 1.70. The van der Waals surface area contributed by atoms with Crippen LogP contribution in [0.5, 0.6) is 0 Å². The van der Waals surface area contributed by atoms with Crippen molar-refractivity contribution in [3.05, 3.63) is 6.42 Å². The zero-order valence-electron chi connectivity index (χ0n) is 5.27. The van der Waals surface area contributed by atoms with Gasteiger partial charge in [0.05, 0.1) is 0 Å². The molecule has 0 nitrogen and oxygen atoms in total. The van der Waals surface area contributed by atoms with Crippen LogP contribution in [-0.2, 0) is 0 Å². The second kappa shape index (κ2) is 3.45. The Morgan fingerprint density at radius 1 is 1.38 bits per heavy atom. The van der Waals surface area contributed by atoms with Crippen molar-refractivity contribution in [1.82, 2.24) is 0 Å². The van der Waals surface area contributed by atoms with Gasteiger partial charge in [-0.25, -0.2) is 0 Å². The molecule has 1 rings (SSSR count). The molecular weight excluding hydrogens is 115 g/mol. The van der Waals surface area contributed by atoms with Crippen LogP contribution in [-0.4, -0.2) is 5.66 Å². The van der Waals surface area contributed by atoms with Crippen LogP contribution >= 0.6 is 9.24 Å². The van der Waals surface area contributed by atoms with Crippen LogP contribution < -0.4 is 0 Å². The molecule has 0 aromatic rings. The molecule has 1 aliphatic carbocycles. The van der Waals surface area contributed by atoms with Gasteiger partial charge in [0, 0.05) is 0 Å². The highest BCUT2D eigenvalue weighted by atomic mass is 31.0. The molecule has 0 N–H and O–H groups in total. The van der Waals surface area contributed by atoms with Gasteiger partial charge in [-0.1, -0.05) is 19.3 Å². The van der Waals surface area contributed by atoms with E-state index in [0.29, 0.717) is 0 Å². The van der Waals surface area contributed by atoms with Crippen molar-refractivity contribution >= 4 is 9.24 Å². The van der Waals surface area contributed by atoms with Gasteiger partial charge < -0.3 is 0 Å². The van der Waals surface area contributed by atoms with Crippen LogP contribution in [0.1, 0.15) is 32.1 Å². The molecule has 47 valence electrons. The summed E-state index contributed by atoms with van der Waals surface area (Å²) in [7, 11) is 2.91. The Balaban J connectivity index is 2.17. The van der Waals surface area contributed by atoms with E-state index in [4.69, 9.17) is 0 Å². The molecule has 0 aromatic carbocycles. The first-order chi connectivity index (χ1) is 3.89. The van der Waals surface area contributed by atoms with Crippen LogP contribution in [0.3, 0.4) is 0 Å².